The molecule has 158 valence electrons. The molecule has 4 aliphatic rings. The Morgan fingerprint density at radius 2 is 1.64 bits per heavy atom. The lowest BCUT2D eigenvalue weighted by atomic mass is 9.53. The van der Waals surface area contributed by atoms with Crippen LogP contribution in [-0.4, -0.2) is 54.1 Å². The molecule has 3 atom stereocenters. The fourth-order valence-corrected chi connectivity index (χ4v) is 5.22. The highest BCUT2D eigenvalue weighted by molar-refractivity contribution is 7.88. The van der Waals surface area contributed by atoms with Gasteiger partial charge in [-0.25, -0.2) is 14.0 Å². The van der Waals surface area contributed by atoms with Gasteiger partial charge in [0, 0.05) is 11.8 Å². The van der Waals surface area contributed by atoms with Crippen LogP contribution in [0.4, 0.5) is 17.6 Å². The highest BCUT2D eigenvalue weighted by Crippen LogP contribution is 2.55. The normalized spacial score (nSPS) is 34.0. The van der Waals surface area contributed by atoms with Gasteiger partial charge in [-0.05, 0) is 38.0 Å². The highest BCUT2D eigenvalue weighted by atomic mass is 32.2. The summed E-state index contributed by atoms with van der Waals surface area (Å²) in [6.07, 6.45) is -4.03. The summed E-state index contributed by atoms with van der Waals surface area (Å²) in [6, 6.07) is 0. The van der Waals surface area contributed by atoms with E-state index in [0.717, 1.165) is 0 Å². The number of halogens is 4. The van der Waals surface area contributed by atoms with Crippen molar-refractivity contribution in [3.63, 3.8) is 0 Å². The zero-order valence-corrected chi connectivity index (χ0v) is 15.0. The molecule has 8 nitrogen and oxygen atoms in total. The van der Waals surface area contributed by atoms with Gasteiger partial charge in [-0.2, -0.15) is 21.6 Å². The van der Waals surface area contributed by atoms with E-state index in [1.165, 1.54) is 0 Å². The van der Waals surface area contributed by atoms with Gasteiger partial charge in [0.15, 0.2) is 6.61 Å². The average molecular weight is 432 g/mol. The third kappa shape index (κ3) is 3.27. The number of esters is 2. The summed E-state index contributed by atoms with van der Waals surface area (Å²) in [5.74, 6) is -4.60. The predicted molar refractivity (Wildman–Crippen MR) is 79.8 cm³/mol. The van der Waals surface area contributed by atoms with Crippen molar-refractivity contribution in [2.45, 2.75) is 48.9 Å². The molecule has 0 aromatic carbocycles. The fourth-order valence-electron chi connectivity index (χ4n) is 4.66. The lowest BCUT2D eigenvalue weighted by Crippen LogP contribution is -2.57. The number of rotatable bonds is 5. The molecule has 0 aromatic heterocycles. The van der Waals surface area contributed by atoms with E-state index in [1.54, 1.807) is 0 Å². The van der Waals surface area contributed by atoms with Crippen molar-refractivity contribution in [3.8, 4) is 0 Å². The third-order valence-corrected chi connectivity index (χ3v) is 6.68. The van der Waals surface area contributed by atoms with Gasteiger partial charge in [-0.3, -0.25) is 9.35 Å². The van der Waals surface area contributed by atoms with Gasteiger partial charge < -0.3 is 9.47 Å². The summed E-state index contributed by atoms with van der Waals surface area (Å²) in [5.41, 5.74) is -1.01. The molecule has 28 heavy (non-hydrogen) atoms. The second kappa shape index (κ2) is 6.37. The Morgan fingerprint density at radius 3 is 2.11 bits per heavy atom. The van der Waals surface area contributed by atoms with Gasteiger partial charge in [-0.1, -0.05) is 0 Å². The van der Waals surface area contributed by atoms with Crippen LogP contribution in [0.25, 0.3) is 0 Å². The van der Waals surface area contributed by atoms with E-state index >= 15 is 0 Å². The van der Waals surface area contributed by atoms with E-state index in [0.29, 0.717) is 19.3 Å². The molecule has 1 N–H and O–H groups in total. The molecule has 0 aliphatic heterocycles. The highest BCUT2D eigenvalue weighted by Gasteiger charge is 2.72. The molecule has 3 unspecified atom stereocenters. The van der Waals surface area contributed by atoms with Gasteiger partial charge in [0.25, 0.3) is 0 Å². The molecule has 4 aliphatic carbocycles. The Hall–Kier alpha value is -1.76. The Bertz CT molecular complexity index is 804. The van der Waals surface area contributed by atoms with Gasteiger partial charge in [-0.15, -0.1) is 0 Å². The third-order valence-electron chi connectivity index (χ3n) is 5.57. The topological polar surface area (TPSA) is 124 Å². The summed E-state index contributed by atoms with van der Waals surface area (Å²) in [7, 11) is -6.57. The summed E-state index contributed by atoms with van der Waals surface area (Å²) in [5, 5.41) is -5.73. The Morgan fingerprint density at radius 1 is 1.11 bits per heavy atom. The van der Waals surface area contributed by atoms with Crippen LogP contribution in [0, 0.1) is 17.8 Å². The average Bonchev–Trinajstić information content (AvgIpc) is 2.53. The number of carbonyl (C=O) groups is 3. The van der Waals surface area contributed by atoms with Crippen molar-refractivity contribution >= 4 is 27.8 Å². The quantitative estimate of drug-likeness (QED) is 0.392. The van der Waals surface area contributed by atoms with Crippen LogP contribution < -0.4 is 0 Å². The van der Waals surface area contributed by atoms with Crippen molar-refractivity contribution in [3.05, 3.63) is 0 Å². The zero-order chi connectivity index (χ0) is 21.1. The smallest absolute Gasteiger partial charge is 0.451 e. The van der Waals surface area contributed by atoms with E-state index < -0.39 is 45.4 Å². The monoisotopic (exact) mass is 432 g/mol. The molecule has 4 saturated carbocycles. The minimum absolute atomic E-state index is 0.0922. The molecule has 0 radical (unpaired) electrons. The van der Waals surface area contributed by atoms with Crippen molar-refractivity contribution in [2.24, 2.45) is 17.8 Å². The first-order valence-electron chi connectivity index (χ1n) is 8.34. The van der Waals surface area contributed by atoms with Crippen molar-refractivity contribution in [2.75, 3.05) is 6.61 Å². The first-order chi connectivity index (χ1) is 12.7. The first kappa shape index (κ1) is 21.0. The largest absolute Gasteiger partial charge is 0.456 e. The molecule has 0 aromatic rings. The maximum Gasteiger partial charge on any atom is 0.451 e. The number of hydrogen-bond acceptors (Lipinski definition) is 7. The van der Waals surface area contributed by atoms with Crippen LogP contribution in [-0.2, 0) is 34.0 Å². The second-order valence-electron chi connectivity index (χ2n) is 7.55. The summed E-state index contributed by atoms with van der Waals surface area (Å²) < 4.78 is 90.7. The Balaban J connectivity index is 1.65. The van der Waals surface area contributed by atoms with Crippen molar-refractivity contribution in [1.29, 1.82) is 0 Å². The summed E-state index contributed by atoms with van der Waals surface area (Å²) in [4.78, 5) is 35.4. The molecule has 4 bridgehead atoms. The van der Waals surface area contributed by atoms with Crippen LogP contribution in [0.1, 0.15) is 32.1 Å². The number of ketones is 1. The number of hydrogen-bond donors (Lipinski definition) is 1. The van der Waals surface area contributed by atoms with E-state index in [1.807, 2.05) is 0 Å². The van der Waals surface area contributed by atoms with Crippen LogP contribution in [0.2, 0.25) is 0 Å². The van der Waals surface area contributed by atoms with Crippen LogP contribution in [0.3, 0.4) is 0 Å². The molecule has 0 heterocycles. The minimum atomic E-state index is -6.57. The number of carbonyl (C=O) groups excluding carboxylic acids is 3. The number of ether oxygens (including phenoxy) is 2. The molecule has 13 heteroatoms. The lowest BCUT2D eigenvalue weighted by molar-refractivity contribution is -0.218. The van der Waals surface area contributed by atoms with Crippen molar-refractivity contribution in [1.82, 2.24) is 0 Å². The fraction of sp³-hybridized carbons (Fsp3) is 0.800. The molecule has 4 rings (SSSR count). The van der Waals surface area contributed by atoms with E-state index in [9.17, 15) is 40.4 Å². The molecule has 0 spiro atoms. The maximum absolute atomic E-state index is 13.8. The SMILES string of the molecule is O=C(COC(=O)C(F)(C(F)(F)F)S(=O)(=O)O)OC12CC3CC(C1)C(=O)C(C3)C2. The van der Waals surface area contributed by atoms with Crippen LogP contribution in [0.15, 0.2) is 0 Å². The van der Waals surface area contributed by atoms with Gasteiger partial charge in [0.1, 0.15) is 11.4 Å². The second-order valence-corrected chi connectivity index (χ2v) is 9.06. The van der Waals surface area contributed by atoms with Gasteiger partial charge >= 0.3 is 33.2 Å². The minimum Gasteiger partial charge on any atom is -0.456 e. The summed E-state index contributed by atoms with van der Waals surface area (Å²) >= 11 is 0. The van der Waals surface area contributed by atoms with E-state index in [4.69, 9.17) is 9.29 Å². The van der Waals surface area contributed by atoms with Gasteiger partial charge in [0.05, 0.1) is 0 Å². The molecular weight excluding hydrogens is 416 g/mol. The van der Waals surface area contributed by atoms with E-state index in [2.05, 4.69) is 4.74 Å². The van der Waals surface area contributed by atoms with Crippen LogP contribution >= 0.6 is 0 Å². The Labute approximate surface area is 156 Å². The zero-order valence-electron chi connectivity index (χ0n) is 14.2. The standard InChI is InChI=1S/C15H16F4O8S/c16-14(15(17,18)19,28(23,24)25)12(22)26-6-10(20)27-13-3-7-1-8(4-13)11(21)9(2-7)5-13/h7-9H,1-6H2,(H,23,24,25). The first-order valence-corrected chi connectivity index (χ1v) is 9.78. The molecular formula is C15H16F4O8S. The lowest BCUT2D eigenvalue weighted by Gasteiger charge is -2.54. The predicted octanol–water partition coefficient (Wildman–Crippen LogP) is 1.34. The summed E-state index contributed by atoms with van der Waals surface area (Å²) in [6.45, 7) is -1.48. The van der Waals surface area contributed by atoms with Crippen molar-refractivity contribution < 1.29 is 54.4 Å². The molecule has 4 fully saturated rings. The molecule has 0 saturated heterocycles. The van der Waals surface area contributed by atoms with Crippen LogP contribution in [0.5, 0.6) is 0 Å². The number of Topliss-reactive ketones (excluding diaryl/α,β-unsaturated/α-hetero) is 1. The van der Waals surface area contributed by atoms with Gasteiger partial charge in [0.2, 0.25) is 0 Å². The van der Waals surface area contributed by atoms with E-state index in [-0.39, 0.29) is 36.4 Å². The molecule has 0 amide bonds. The maximum atomic E-state index is 13.8. The Kier molecular flexibility index (Phi) is 4.77. The number of alkyl halides is 4.